The van der Waals surface area contributed by atoms with Crippen molar-refractivity contribution in [3.63, 3.8) is 0 Å². The SMILES string of the molecule is CCc1cc(CC)n(CC(=O)NCC(F)(F)F)n1. The fourth-order valence-corrected chi connectivity index (χ4v) is 1.50. The standard InChI is InChI=1S/C11H16F3N3O/c1-3-8-5-9(4-2)17(16-8)6-10(18)15-7-11(12,13)14/h5H,3-4,6-7H2,1-2H3,(H,15,18). The Balaban J connectivity index is 2.61. The summed E-state index contributed by atoms with van der Waals surface area (Å²) in [6, 6.07) is 1.86. The lowest BCUT2D eigenvalue weighted by Crippen LogP contribution is -2.36. The number of carbonyl (C=O) groups is 1. The average Bonchev–Trinajstić information content (AvgIpc) is 2.68. The minimum atomic E-state index is -4.39. The van der Waals surface area contributed by atoms with Crippen LogP contribution in [0.3, 0.4) is 0 Å². The third kappa shape index (κ3) is 4.38. The van der Waals surface area contributed by atoms with Crippen LogP contribution in [0.2, 0.25) is 0 Å². The molecule has 0 aliphatic heterocycles. The molecule has 1 aromatic heterocycles. The van der Waals surface area contributed by atoms with Crippen LogP contribution in [0.4, 0.5) is 13.2 Å². The van der Waals surface area contributed by atoms with Crippen LogP contribution in [0, 0.1) is 0 Å². The van der Waals surface area contributed by atoms with Gasteiger partial charge in [-0.3, -0.25) is 9.48 Å². The molecular weight excluding hydrogens is 247 g/mol. The Labute approximate surface area is 103 Å². The molecule has 1 amide bonds. The Morgan fingerprint density at radius 1 is 1.39 bits per heavy atom. The molecule has 0 saturated heterocycles. The van der Waals surface area contributed by atoms with Gasteiger partial charge in [0, 0.05) is 5.69 Å². The van der Waals surface area contributed by atoms with E-state index in [2.05, 4.69) is 5.10 Å². The zero-order valence-electron chi connectivity index (χ0n) is 10.3. The van der Waals surface area contributed by atoms with Crippen molar-refractivity contribution in [3.05, 3.63) is 17.5 Å². The molecule has 1 N–H and O–H groups in total. The van der Waals surface area contributed by atoms with Crippen LogP contribution in [0.15, 0.2) is 6.07 Å². The topological polar surface area (TPSA) is 46.9 Å². The van der Waals surface area contributed by atoms with Gasteiger partial charge in [-0.1, -0.05) is 13.8 Å². The third-order valence-corrected chi connectivity index (χ3v) is 2.42. The van der Waals surface area contributed by atoms with Crippen LogP contribution in [-0.4, -0.2) is 28.4 Å². The second-order valence-electron chi connectivity index (χ2n) is 3.88. The second-order valence-corrected chi connectivity index (χ2v) is 3.88. The van der Waals surface area contributed by atoms with Crippen LogP contribution in [0.5, 0.6) is 0 Å². The quantitative estimate of drug-likeness (QED) is 0.878. The zero-order chi connectivity index (χ0) is 13.8. The van der Waals surface area contributed by atoms with E-state index in [9.17, 15) is 18.0 Å². The molecule has 7 heteroatoms. The molecule has 0 bridgehead atoms. The average molecular weight is 263 g/mol. The molecule has 1 aromatic rings. The highest BCUT2D eigenvalue weighted by molar-refractivity contribution is 5.75. The second kappa shape index (κ2) is 5.88. The molecule has 18 heavy (non-hydrogen) atoms. The fourth-order valence-electron chi connectivity index (χ4n) is 1.50. The fraction of sp³-hybridized carbons (Fsp3) is 0.636. The Morgan fingerprint density at radius 2 is 2.06 bits per heavy atom. The Kier molecular flexibility index (Phi) is 4.75. The molecule has 0 atom stereocenters. The van der Waals surface area contributed by atoms with Crippen LogP contribution in [-0.2, 0) is 24.2 Å². The van der Waals surface area contributed by atoms with E-state index in [4.69, 9.17) is 0 Å². The molecule has 0 fully saturated rings. The van der Waals surface area contributed by atoms with E-state index in [-0.39, 0.29) is 6.54 Å². The molecule has 0 aromatic carbocycles. The van der Waals surface area contributed by atoms with Crippen molar-refractivity contribution in [3.8, 4) is 0 Å². The first-order chi connectivity index (χ1) is 8.35. The van der Waals surface area contributed by atoms with Gasteiger partial charge < -0.3 is 5.32 Å². The number of carbonyl (C=O) groups excluding carboxylic acids is 1. The first kappa shape index (κ1) is 14.5. The van der Waals surface area contributed by atoms with Gasteiger partial charge in [0.05, 0.1) is 5.69 Å². The number of nitrogens with one attached hydrogen (secondary N) is 1. The summed E-state index contributed by atoms with van der Waals surface area (Å²) in [7, 11) is 0. The van der Waals surface area contributed by atoms with Crippen LogP contribution < -0.4 is 5.32 Å². The monoisotopic (exact) mass is 263 g/mol. The maximum absolute atomic E-state index is 11.9. The molecule has 1 heterocycles. The van der Waals surface area contributed by atoms with Crippen molar-refractivity contribution < 1.29 is 18.0 Å². The van der Waals surface area contributed by atoms with Gasteiger partial charge >= 0.3 is 6.18 Å². The normalized spacial score (nSPS) is 11.6. The van der Waals surface area contributed by atoms with Crippen LogP contribution in [0.25, 0.3) is 0 Å². The summed E-state index contributed by atoms with van der Waals surface area (Å²) < 4.78 is 37.2. The zero-order valence-corrected chi connectivity index (χ0v) is 10.3. The van der Waals surface area contributed by atoms with Crippen LogP contribution in [0.1, 0.15) is 25.2 Å². The summed E-state index contributed by atoms with van der Waals surface area (Å²) in [5.41, 5.74) is 1.67. The van der Waals surface area contributed by atoms with Crippen molar-refractivity contribution in [2.45, 2.75) is 39.4 Å². The lowest BCUT2D eigenvalue weighted by atomic mass is 10.2. The number of aryl methyl sites for hydroxylation is 2. The number of halogens is 3. The van der Waals surface area contributed by atoms with Gasteiger partial charge in [-0.05, 0) is 18.9 Å². The van der Waals surface area contributed by atoms with E-state index in [1.807, 2.05) is 25.2 Å². The molecule has 102 valence electrons. The Morgan fingerprint density at radius 3 is 2.56 bits per heavy atom. The lowest BCUT2D eigenvalue weighted by Gasteiger charge is -2.09. The number of hydrogen-bond donors (Lipinski definition) is 1. The highest BCUT2D eigenvalue weighted by atomic mass is 19.4. The molecular formula is C11H16F3N3O. The van der Waals surface area contributed by atoms with Crippen molar-refractivity contribution in [2.24, 2.45) is 0 Å². The molecule has 0 saturated carbocycles. The minimum Gasteiger partial charge on any atom is -0.345 e. The maximum Gasteiger partial charge on any atom is 0.405 e. The Hall–Kier alpha value is -1.53. The lowest BCUT2D eigenvalue weighted by molar-refractivity contribution is -0.138. The summed E-state index contributed by atoms with van der Waals surface area (Å²) in [4.78, 5) is 11.4. The Bertz CT molecular complexity index is 412. The number of hydrogen-bond acceptors (Lipinski definition) is 2. The van der Waals surface area contributed by atoms with E-state index in [1.54, 1.807) is 0 Å². The number of rotatable bonds is 5. The van der Waals surface area contributed by atoms with Gasteiger partial charge in [0.15, 0.2) is 0 Å². The molecule has 1 rings (SSSR count). The number of alkyl halides is 3. The summed E-state index contributed by atoms with van der Waals surface area (Å²) in [6.07, 6.45) is -2.98. The van der Waals surface area contributed by atoms with Gasteiger partial charge in [-0.25, -0.2) is 0 Å². The highest BCUT2D eigenvalue weighted by Crippen LogP contribution is 2.12. The summed E-state index contributed by atoms with van der Waals surface area (Å²) in [5, 5.41) is 5.98. The number of amides is 1. The predicted octanol–water partition coefficient (Wildman–Crippen LogP) is 1.69. The highest BCUT2D eigenvalue weighted by Gasteiger charge is 2.27. The first-order valence-electron chi connectivity index (χ1n) is 5.74. The molecule has 0 radical (unpaired) electrons. The number of aromatic nitrogens is 2. The summed E-state index contributed by atoms with van der Waals surface area (Å²) >= 11 is 0. The van der Waals surface area contributed by atoms with Crippen molar-refractivity contribution in [1.82, 2.24) is 15.1 Å². The predicted molar refractivity (Wildman–Crippen MR) is 60.0 cm³/mol. The van der Waals surface area contributed by atoms with Gasteiger partial charge in [0.25, 0.3) is 0 Å². The largest absolute Gasteiger partial charge is 0.405 e. The third-order valence-electron chi connectivity index (χ3n) is 2.42. The smallest absolute Gasteiger partial charge is 0.345 e. The summed E-state index contributed by atoms with van der Waals surface area (Å²) in [6.45, 7) is 2.34. The van der Waals surface area contributed by atoms with E-state index < -0.39 is 18.6 Å². The molecule has 0 aliphatic rings. The van der Waals surface area contributed by atoms with Crippen molar-refractivity contribution >= 4 is 5.91 Å². The van der Waals surface area contributed by atoms with Crippen molar-refractivity contribution in [2.75, 3.05) is 6.54 Å². The number of nitrogens with zero attached hydrogens (tertiary/aromatic N) is 2. The van der Waals surface area contributed by atoms with Crippen molar-refractivity contribution in [1.29, 1.82) is 0 Å². The van der Waals surface area contributed by atoms with E-state index >= 15 is 0 Å². The van der Waals surface area contributed by atoms with E-state index in [1.165, 1.54) is 4.68 Å². The molecule has 0 unspecified atom stereocenters. The van der Waals surface area contributed by atoms with Gasteiger partial charge in [0.2, 0.25) is 5.91 Å². The van der Waals surface area contributed by atoms with Gasteiger partial charge in [-0.2, -0.15) is 18.3 Å². The minimum absolute atomic E-state index is 0.181. The van der Waals surface area contributed by atoms with E-state index in [0.717, 1.165) is 17.8 Å². The van der Waals surface area contributed by atoms with Gasteiger partial charge in [-0.15, -0.1) is 0 Å². The molecule has 0 aliphatic carbocycles. The first-order valence-corrected chi connectivity index (χ1v) is 5.74. The molecule has 4 nitrogen and oxygen atoms in total. The van der Waals surface area contributed by atoms with Crippen LogP contribution >= 0.6 is 0 Å². The summed E-state index contributed by atoms with van der Waals surface area (Å²) in [5.74, 6) is -0.687. The molecule has 0 spiro atoms. The van der Waals surface area contributed by atoms with E-state index in [0.29, 0.717) is 6.42 Å². The van der Waals surface area contributed by atoms with Gasteiger partial charge in [0.1, 0.15) is 13.1 Å². The maximum atomic E-state index is 11.9.